The van der Waals surface area contributed by atoms with Gasteiger partial charge in [0, 0.05) is 5.56 Å². The quantitative estimate of drug-likeness (QED) is 0.877. The van der Waals surface area contributed by atoms with E-state index in [0.29, 0.717) is 5.56 Å². The summed E-state index contributed by atoms with van der Waals surface area (Å²) >= 11 is 0. The van der Waals surface area contributed by atoms with Crippen molar-refractivity contribution in [2.45, 2.75) is 56.7 Å². The second kappa shape index (κ2) is 6.89. The summed E-state index contributed by atoms with van der Waals surface area (Å²) in [6, 6.07) is 6.44. The maximum atomic E-state index is 12.5. The van der Waals surface area contributed by atoms with Gasteiger partial charge >= 0.3 is 6.61 Å². The van der Waals surface area contributed by atoms with E-state index < -0.39 is 12.7 Å². The van der Waals surface area contributed by atoms with Crippen molar-refractivity contribution in [3.63, 3.8) is 0 Å². The van der Waals surface area contributed by atoms with Gasteiger partial charge in [0.05, 0.1) is 24.9 Å². The van der Waals surface area contributed by atoms with E-state index >= 15 is 0 Å². The topological polar surface area (TPSA) is 47.9 Å². The van der Waals surface area contributed by atoms with Gasteiger partial charge in [0.15, 0.2) is 0 Å². The average molecular weight is 314 g/mol. The molecule has 22 heavy (non-hydrogen) atoms. The van der Waals surface area contributed by atoms with E-state index in [4.69, 9.17) is 9.47 Å². The monoisotopic (exact) mass is 314 g/mol. The average Bonchev–Trinajstić information content (AvgIpc) is 2.84. The maximum absolute atomic E-state index is 12.5. The predicted molar refractivity (Wildman–Crippen MR) is 74.9 cm³/mol. The zero-order valence-corrected chi connectivity index (χ0v) is 12.2. The molecule has 122 valence electrons. The summed E-state index contributed by atoms with van der Waals surface area (Å²) in [6.07, 6.45) is 3.39. The number of benzene rings is 1. The number of aliphatic hydroxyl groups is 1. The molecule has 2 aliphatic rings. The van der Waals surface area contributed by atoms with Crippen LogP contribution in [0.15, 0.2) is 24.3 Å². The number of hydrogen-bond acceptors (Lipinski definition) is 4. The van der Waals surface area contributed by atoms with Gasteiger partial charge in [-0.2, -0.15) is 8.78 Å². The molecule has 2 aliphatic heterocycles. The van der Waals surface area contributed by atoms with Crippen molar-refractivity contribution in [1.29, 1.82) is 0 Å². The zero-order chi connectivity index (χ0) is 15.5. The van der Waals surface area contributed by atoms with Gasteiger partial charge in [-0.1, -0.05) is 18.2 Å². The Labute approximate surface area is 128 Å². The van der Waals surface area contributed by atoms with Crippen LogP contribution < -0.4 is 4.74 Å². The summed E-state index contributed by atoms with van der Waals surface area (Å²) < 4.78 is 41.2. The highest BCUT2D eigenvalue weighted by atomic mass is 19.3. The molecule has 0 aromatic heterocycles. The Morgan fingerprint density at radius 3 is 2.50 bits per heavy atom. The van der Waals surface area contributed by atoms with Crippen LogP contribution in [0.25, 0.3) is 0 Å². The first-order valence-corrected chi connectivity index (χ1v) is 7.61. The third-order valence-electron chi connectivity index (χ3n) is 4.25. The molecule has 0 saturated carbocycles. The fraction of sp³-hybridized carbons (Fsp3) is 0.625. The number of fused-ring (bicyclic) bond motifs is 2. The number of hydrogen-bond donors (Lipinski definition) is 1. The molecule has 0 amide bonds. The van der Waals surface area contributed by atoms with Gasteiger partial charge in [-0.25, -0.2) is 0 Å². The highest BCUT2D eigenvalue weighted by Gasteiger charge is 2.36. The Bertz CT molecular complexity index is 485. The van der Waals surface area contributed by atoms with Crippen LogP contribution in [-0.4, -0.2) is 36.6 Å². The lowest BCUT2D eigenvalue weighted by molar-refractivity contribution is -0.116. The second-order valence-corrected chi connectivity index (χ2v) is 5.77. The van der Waals surface area contributed by atoms with Gasteiger partial charge in [-0.15, -0.1) is 0 Å². The second-order valence-electron chi connectivity index (χ2n) is 5.77. The zero-order valence-electron chi connectivity index (χ0n) is 12.2. The van der Waals surface area contributed by atoms with Crippen LogP contribution in [0.2, 0.25) is 0 Å². The molecule has 2 saturated heterocycles. The molecule has 0 aliphatic carbocycles. The van der Waals surface area contributed by atoms with E-state index in [-0.39, 0.29) is 30.7 Å². The Morgan fingerprint density at radius 2 is 1.86 bits per heavy atom. The van der Waals surface area contributed by atoms with Gasteiger partial charge in [0.25, 0.3) is 0 Å². The molecule has 3 rings (SSSR count). The molecule has 1 aromatic rings. The Morgan fingerprint density at radius 1 is 1.18 bits per heavy atom. The van der Waals surface area contributed by atoms with Gasteiger partial charge in [0.1, 0.15) is 11.9 Å². The molecule has 4 atom stereocenters. The lowest BCUT2D eigenvalue weighted by atomic mass is 10.0. The summed E-state index contributed by atoms with van der Waals surface area (Å²) in [4.78, 5) is 0. The molecule has 4 nitrogen and oxygen atoms in total. The molecule has 2 fully saturated rings. The lowest BCUT2D eigenvalue weighted by Crippen LogP contribution is -2.32. The predicted octanol–water partition coefficient (Wildman–Crippen LogP) is 3.05. The van der Waals surface area contributed by atoms with Crippen LogP contribution in [0.5, 0.6) is 5.75 Å². The molecular weight excluding hydrogens is 294 g/mol. The molecule has 6 heteroatoms. The van der Waals surface area contributed by atoms with E-state index in [0.717, 1.165) is 25.7 Å². The van der Waals surface area contributed by atoms with Crippen LogP contribution >= 0.6 is 0 Å². The van der Waals surface area contributed by atoms with Crippen LogP contribution in [0.3, 0.4) is 0 Å². The lowest BCUT2D eigenvalue weighted by Gasteiger charge is -2.31. The first-order chi connectivity index (χ1) is 10.7. The fourth-order valence-electron chi connectivity index (χ4n) is 3.32. The highest BCUT2D eigenvalue weighted by Crippen LogP contribution is 2.37. The first kappa shape index (κ1) is 15.6. The standard InChI is InChI=1S/C16H20F2O4/c17-16(18)22-14-4-2-1-3-13(14)15(9-19)21-12-7-10-5-6-11(8-12)20-10/h1-4,10-12,15-16,19H,5-9H2/t10-,11+,12-,15?. The number of rotatable bonds is 6. The van der Waals surface area contributed by atoms with Crippen molar-refractivity contribution in [3.8, 4) is 5.75 Å². The molecule has 2 heterocycles. The smallest absolute Gasteiger partial charge is 0.387 e. The SMILES string of the molecule is OCC(O[C@@H]1C[C@H]2CC[C@@H](C1)O2)c1ccccc1OC(F)F. The van der Waals surface area contributed by atoms with Crippen molar-refractivity contribution in [3.05, 3.63) is 29.8 Å². The number of halogens is 2. The molecular formula is C16H20F2O4. The number of aliphatic hydroxyl groups excluding tert-OH is 1. The van der Waals surface area contributed by atoms with E-state index in [1.54, 1.807) is 18.2 Å². The minimum absolute atomic E-state index is 0.0250. The van der Waals surface area contributed by atoms with Crippen LogP contribution in [-0.2, 0) is 9.47 Å². The summed E-state index contributed by atoms with van der Waals surface area (Å²) in [6.45, 7) is -3.18. The third kappa shape index (κ3) is 3.56. The minimum atomic E-state index is -2.90. The Hall–Kier alpha value is -1.24. The summed E-state index contributed by atoms with van der Waals surface area (Å²) in [5.41, 5.74) is 0.448. The largest absolute Gasteiger partial charge is 0.434 e. The Balaban J connectivity index is 1.71. The van der Waals surface area contributed by atoms with Crippen molar-refractivity contribution >= 4 is 0 Å². The Kier molecular flexibility index (Phi) is 4.90. The van der Waals surface area contributed by atoms with Crippen molar-refractivity contribution < 1.29 is 28.1 Å². The number of alkyl halides is 2. The van der Waals surface area contributed by atoms with Crippen LogP contribution in [0.4, 0.5) is 8.78 Å². The van der Waals surface area contributed by atoms with Crippen molar-refractivity contribution in [1.82, 2.24) is 0 Å². The molecule has 0 spiro atoms. The van der Waals surface area contributed by atoms with Crippen molar-refractivity contribution in [2.24, 2.45) is 0 Å². The van der Waals surface area contributed by atoms with Crippen LogP contribution in [0.1, 0.15) is 37.4 Å². The minimum Gasteiger partial charge on any atom is -0.434 e. The van der Waals surface area contributed by atoms with E-state index in [9.17, 15) is 13.9 Å². The van der Waals surface area contributed by atoms with Crippen LogP contribution in [0, 0.1) is 0 Å². The first-order valence-electron chi connectivity index (χ1n) is 7.61. The number of ether oxygens (including phenoxy) is 3. The summed E-state index contributed by atoms with van der Waals surface area (Å²) in [5.74, 6) is 0.0478. The molecule has 2 bridgehead atoms. The molecule has 1 unspecified atom stereocenters. The van der Waals surface area contributed by atoms with E-state index in [2.05, 4.69) is 4.74 Å². The summed E-state index contributed by atoms with van der Waals surface area (Å²) in [5, 5.41) is 9.62. The fourth-order valence-corrected chi connectivity index (χ4v) is 3.32. The van der Waals surface area contributed by atoms with Crippen molar-refractivity contribution in [2.75, 3.05) is 6.61 Å². The highest BCUT2D eigenvalue weighted by molar-refractivity contribution is 5.35. The maximum Gasteiger partial charge on any atom is 0.387 e. The van der Waals surface area contributed by atoms with Gasteiger partial charge in [-0.3, -0.25) is 0 Å². The van der Waals surface area contributed by atoms with Gasteiger partial charge < -0.3 is 19.3 Å². The normalized spacial score (nSPS) is 28.8. The summed E-state index contributed by atoms with van der Waals surface area (Å²) in [7, 11) is 0. The van der Waals surface area contributed by atoms with Gasteiger partial charge in [0.2, 0.25) is 0 Å². The molecule has 0 radical (unpaired) electrons. The van der Waals surface area contributed by atoms with E-state index in [1.807, 2.05) is 0 Å². The molecule has 1 N–H and O–H groups in total. The molecule has 1 aromatic carbocycles. The van der Waals surface area contributed by atoms with E-state index in [1.165, 1.54) is 6.07 Å². The van der Waals surface area contributed by atoms with Gasteiger partial charge in [-0.05, 0) is 31.7 Å². The third-order valence-corrected chi connectivity index (χ3v) is 4.25. The number of para-hydroxylation sites is 1.